The number of ether oxygens (including phenoxy) is 1. The lowest BCUT2D eigenvalue weighted by atomic mass is 10.3. The van der Waals surface area contributed by atoms with Crippen LogP contribution >= 0.6 is 0 Å². The highest BCUT2D eigenvalue weighted by atomic mass is 16.5. The van der Waals surface area contributed by atoms with Crippen LogP contribution in [0.1, 0.15) is 16.3 Å². The molecule has 0 aliphatic heterocycles. The lowest BCUT2D eigenvalue weighted by Gasteiger charge is -2.03. The van der Waals surface area contributed by atoms with E-state index >= 15 is 0 Å². The van der Waals surface area contributed by atoms with Crippen LogP contribution in [0.3, 0.4) is 0 Å². The molecular formula is C12H9O4-. The van der Waals surface area contributed by atoms with Gasteiger partial charge in [0.25, 0.3) is 0 Å². The van der Waals surface area contributed by atoms with Gasteiger partial charge in [-0.2, -0.15) is 0 Å². The summed E-state index contributed by atoms with van der Waals surface area (Å²) >= 11 is 0. The van der Waals surface area contributed by atoms with Gasteiger partial charge in [-0.05, 0) is 24.3 Å². The third-order valence-electron chi connectivity index (χ3n) is 1.99. The molecule has 0 saturated heterocycles. The van der Waals surface area contributed by atoms with Crippen molar-refractivity contribution in [2.75, 3.05) is 0 Å². The number of furan rings is 1. The number of hydrogen-bond acceptors (Lipinski definition) is 4. The fraction of sp³-hybridized carbons (Fsp3) is 0.0833. The molecule has 16 heavy (non-hydrogen) atoms. The molecule has 1 aromatic carbocycles. The summed E-state index contributed by atoms with van der Waals surface area (Å²) in [5.41, 5.74) is 0. The van der Waals surface area contributed by atoms with Crippen LogP contribution < -0.4 is 9.84 Å². The number of para-hydroxylation sites is 1. The maximum absolute atomic E-state index is 10.4. The van der Waals surface area contributed by atoms with Crippen molar-refractivity contribution in [3.63, 3.8) is 0 Å². The molecule has 0 atom stereocenters. The Kier molecular flexibility index (Phi) is 2.91. The minimum atomic E-state index is -1.33. The Balaban J connectivity index is 1.97. The van der Waals surface area contributed by atoms with Gasteiger partial charge in [0, 0.05) is 0 Å². The minimum absolute atomic E-state index is 0.188. The molecule has 0 N–H and O–H groups in total. The van der Waals surface area contributed by atoms with Gasteiger partial charge in [-0.3, -0.25) is 0 Å². The van der Waals surface area contributed by atoms with Crippen LogP contribution in [0.15, 0.2) is 46.9 Å². The van der Waals surface area contributed by atoms with E-state index in [1.54, 1.807) is 6.07 Å². The minimum Gasteiger partial charge on any atom is -0.542 e. The smallest absolute Gasteiger partial charge is 0.149 e. The Bertz CT molecular complexity index is 473. The molecule has 0 amide bonds. The van der Waals surface area contributed by atoms with Crippen molar-refractivity contribution in [2.45, 2.75) is 6.61 Å². The van der Waals surface area contributed by atoms with Gasteiger partial charge in [0.1, 0.15) is 29.8 Å². The summed E-state index contributed by atoms with van der Waals surface area (Å²) in [7, 11) is 0. The van der Waals surface area contributed by atoms with Crippen molar-refractivity contribution < 1.29 is 19.1 Å². The van der Waals surface area contributed by atoms with Gasteiger partial charge in [0.2, 0.25) is 0 Å². The number of hydrogen-bond donors (Lipinski definition) is 0. The van der Waals surface area contributed by atoms with Crippen molar-refractivity contribution in [1.82, 2.24) is 0 Å². The predicted molar refractivity (Wildman–Crippen MR) is 53.8 cm³/mol. The van der Waals surface area contributed by atoms with Crippen molar-refractivity contribution in [3.05, 3.63) is 54.0 Å². The highest BCUT2D eigenvalue weighted by Crippen LogP contribution is 2.13. The number of benzene rings is 1. The Hall–Kier alpha value is -2.23. The number of carboxylic acid groups (broad SMARTS) is 1. The van der Waals surface area contributed by atoms with Crippen LogP contribution in [0.2, 0.25) is 0 Å². The highest BCUT2D eigenvalue weighted by molar-refractivity contribution is 5.82. The summed E-state index contributed by atoms with van der Waals surface area (Å²) in [6.45, 7) is 0.192. The van der Waals surface area contributed by atoms with Crippen molar-refractivity contribution in [3.8, 4) is 5.75 Å². The molecule has 1 aromatic heterocycles. The third-order valence-corrected chi connectivity index (χ3v) is 1.99. The molecule has 0 fully saturated rings. The summed E-state index contributed by atoms with van der Waals surface area (Å²) in [6.07, 6.45) is 0. The van der Waals surface area contributed by atoms with E-state index in [-0.39, 0.29) is 12.4 Å². The molecule has 0 radical (unpaired) electrons. The number of carboxylic acids is 1. The van der Waals surface area contributed by atoms with Gasteiger partial charge in [-0.1, -0.05) is 18.2 Å². The van der Waals surface area contributed by atoms with Crippen LogP contribution in [0.25, 0.3) is 0 Å². The van der Waals surface area contributed by atoms with Crippen molar-refractivity contribution in [2.24, 2.45) is 0 Å². The molecule has 0 unspecified atom stereocenters. The van der Waals surface area contributed by atoms with E-state index in [0.29, 0.717) is 11.5 Å². The van der Waals surface area contributed by atoms with Gasteiger partial charge in [0.05, 0.1) is 0 Å². The van der Waals surface area contributed by atoms with E-state index in [2.05, 4.69) is 0 Å². The van der Waals surface area contributed by atoms with Crippen molar-refractivity contribution >= 4 is 5.97 Å². The Morgan fingerprint density at radius 2 is 1.94 bits per heavy atom. The summed E-state index contributed by atoms with van der Waals surface area (Å²) in [5, 5.41) is 10.4. The van der Waals surface area contributed by atoms with Gasteiger partial charge >= 0.3 is 0 Å². The molecule has 0 saturated carbocycles. The topological polar surface area (TPSA) is 62.5 Å². The molecule has 4 nitrogen and oxygen atoms in total. The number of rotatable bonds is 4. The Morgan fingerprint density at radius 1 is 1.19 bits per heavy atom. The number of carbonyl (C=O) groups is 1. The Morgan fingerprint density at radius 3 is 2.56 bits per heavy atom. The van der Waals surface area contributed by atoms with Crippen molar-refractivity contribution in [1.29, 1.82) is 0 Å². The largest absolute Gasteiger partial charge is 0.542 e. The zero-order valence-corrected chi connectivity index (χ0v) is 8.38. The summed E-state index contributed by atoms with van der Waals surface area (Å²) in [5.74, 6) is -0.366. The van der Waals surface area contributed by atoms with E-state index in [0.717, 1.165) is 0 Å². The molecule has 1 heterocycles. The maximum Gasteiger partial charge on any atom is 0.149 e. The average molecular weight is 217 g/mol. The van der Waals surface area contributed by atoms with Gasteiger partial charge in [-0.25, -0.2) is 0 Å². The van der Waals surface area contributed by atoms with Crippen LogP contribution in [0.5, 0.6) is 5.75 Å². The fourth-order valence-corrected chi connectivity index (χ4v) is 1.24. The van der Waals surface area contributed by atoms with Crippen LogP contribution in [0.4, 0.5) is 0 Å². The molecule has 2 rings (SSSR count). The first kappa shape index (κ1) is 10.3. The van der Waals surface area contributed by atoms with Gasteiger partial charge in [0.15, 0.2) is 0 Å². The van der Waals surface area contributed by atoms with Crippen LogP contribution in [-0.2, 0) is 6.61 Å². The molecular weight excluding hydrogens is 208 g/mol. The Labute approximate surface area is 92.1 Å². The first-order valence-corrected chi connectivity index (χ1v) is 4.73. The van der Waals surface area contributed by atoms with E-state index in [1.807, 2.05) is 30.3 Å². The van der Waals surface area contributed by atoms with E-state index in [1.165, 1.54) is 6.07 Å². The molecule has 0 aliphatic carbocycles. The SMILES string of the molecule is O=C([O-])c1ccc(COc2ccccc2)o1. The molecule has 2 aromatic rings. The summed E-state index contributed by atoms with van der Waals surface area (Å²) in [6, 6.07) is 12.1. The van der Waals surface area contributed by atoms with E-state index in [9.17, 15) is 9.90 Å². The quantitative estimate of drug-likeness (QED) is 0.772. The highest BCUT2D eigenvalue weighted by Gasteiger charge is 2.03. The lowest BCUT2D eigenvalue weighted by molar-refractivity contribution is -0.257. The monoisotopic (exact) mass is 217 g/mol. The van der Waals surface area contributed by atoms with Gasteiger partial charge in [-0.15, -0.1) is 0 Å². The normalized spacial score (nSPS) is 10.0. The summed E-state index contributed by atoms with van der Waals surface area (Å²) < 4.78 is 10.4. The second-order valence-electron chi connectivity index (χ2n) is 3.16. The fourth-order valence-electron chi connectivity index (χ4n) is 1.24. The molecule has 4 heteroatoms. The predicted octanol–water partition coefficient (Wildman–Crippen LogP) is 1.22. The zero-order chi connectivity index (χ0) is 11.4. The van der Waals surface area contributed by atoms with E-state index in [4.69, 9.17) is 9.15 Å². The second kappa shape index (κ2) is 4.53. The zero-order valence-electron chi connectivity index (χ0n) is 8.38. The number of carbonyl (C=O) groups excluding carboxylic acids is 1. The first-order valence-electron chi connectivity index (χ1n) is 4.73. The molecule has 0 bridgehead atoms. The molecule has 82 valence electrons. The molecule has 0 aliphatic rings. The third kappa shape index (κ3) is 2.42. The van der Waals surface area contributed by atoms with Gasteiger partial charge < -0.3 is 19.1 Å². The average Bonchev–Trinajstić information content (AvgIpc) is 2.76. The molecule has 0 spiro atoms. The number of aromatic carboxylic acids is 1. The van der Waals surface area contributed by atoms with E-state index < -0.39 is 5.97 Å². The lowest BCUT2D eigenvalue weighted by Crippen LogP contribution is -2.21. The van der Waals surface area contributed by atoms with Crippen LogP contribution in [0, 0.1) is 0 Å². The standard InChI is InChI=1S/C12H10O4/c13-12(14)11-7-6-10(16-11)8-15-9-4-2-1-3-5-9/h1-7H,8H2,(H,13,14)/p-1. The first-order chi connectivity index (χ1) is 7.75. The second-order valence-corrected chi connectivity index (χ2v) is 3.16. The summed E-state index contributed by atoms with van der Waals surface area (Å²) in [4.78, 5) is 10.4. The van der Waals surface area contributed by atoms with Crippen LogP contribution in [-0.4, -0.2) is 5.97 Å². The maximum atomic E-state index is 10.4.